The molecule has 1 aromatic heterocycles. The number of amides is 3. The third kappa shape index (κ3) is 9.98. The first kappa shape index (κ1) is 33.9. The minimum Gasteiger partial charge on any atom is -0.480 e. The Balaban J connectivity index is 2.01. The molecule has 230 valence electrons. The second-order valence-electron chi connectivity index (χ2n) is 9.64. The highest BCUT2D eigenvalue weighted by Gasteiger charge is 2.30. The van der Waals surface area contributed by atoms with Crippen LogP contribution in [0.25, 0.3) is 11.3 Å². The largest absolute Gasteiger partial charge is 0.480 e. The maximum absolute atomic E-state index is 12.9. The van der Waals surface area contributed by atoms with E-state index in [0.717, 1.165) is 24.2 Å². The fourth-order valence-corrected chi connectivity index (χ4v) is 4.50. The number of hydrogen-bond donors (Lipinski definition) is 6. The number of hydroxylamine groups is 2. The molecule has 3 amide bonds. The summed E-state index contributed by atoms with van der Waals surface area (Å²) in [5.74, 6) is -3.97. The predicted octanol–water partition coefficient (Wildman–Crippen LogP) is 2.03. The summed E-state index contributed by atoms with van der Waals surface area (Å²) in [6.45, 7) is 2.22. The highest BCUT2D eigenvalue weighted by molar-refractivity contribution is 5.92. The monoisotopic (exact) mass is 590 g/mol. The first-order valence-corrected chi connectivity index (χ1v) is 13.6. The molecule has 0 aliphatic carbocycles. The van der Waals surface area contributed by atoms with Crippen LogP contribution >= 0.6 is 0 Å². The lowest BCUT2D eigenvalue weighted by Crippen LogP contribution is -2.47. The Hall–Kier alpha value is -4.27. The van der Waals surface area contributed by atoms with Crippen LogP contribution in [0.15, 0.2) is 40.8 Å². The van der Waals surface area contributed by atoms with Crippen molar-refractivity contribution in [2.45, 2.75) is 58.2 Å². The number of aliphatic hydroxyl groups is 1. The van der Waals surface area contributed by atoms with Gasteiger partial charge in [-0.15, -0.1) is 0 Å². The van der Waals surface area contributed by atoms with E-state index in [2.05, 4.69) is 10.6 Å². The lowest BCUT2D eigenvalue weighted by Gasteiger charge is -2.29. The molecule has 6 N–H and O–H groups in total. The molecule has 2 aromatic rings. The summed E-state index contributed by atoms with van der Waals surface area (Å²) in [5.41, 5.74) is 0.794. The van der Waals surface area contributed by atoms with Crippen molar-refractivity contribution >= 4 is 30.2 Å². The van der Waals surface area contributed by atoms with E-state index in [4.69, 9.17) is 14.6 Å². The minimum atomic E-state index is -1.47. The molecule has 42 heavy (non-hydrogen) atoms. The third-order valence-corrected chi connectivity index (χ3v) is 6.64. The van der Waals surface area contributed by atoms with Crippen LogP contribution in [0.5, 0.6) is 0 Å². The van der Waals surface area contributed by atoms with Crippen molar-refractivity contribution < 1.29 is 48.9 Å². The molecule has 0 saturated heterocycles. The second-order valence-corrected chi connectivity index (χ2v) is 9.64. The Labute approximate surface area is 242 Å². The molecule has 2 rings (SSSR count). The van der Waals surface area contributed by atoms with Gasteiger partial charge in [0.1, 0.15) is 12.0 Å². The van der Waals surface area contributed by atoms with E-state index in [0.29, 0.717) is 29.2 Å². The van der Waals surface area contributed by atoms with Gasteiger partial charge in [-0.1, -0.05) is 57.4 Å². The molecule has 1 heterocycles. The number of benzene rings is 1. The Morgan fingerprint density at radius 3 is 2.14 bits per heavy atom. The van der Waals surface area contributed by atoms with E-state index in [9.17, 15) is 34.3 Å². The lowest BCUT2D eigenvalue weighted by atomic mass is 9.90. The number of carbonyl (C=O) groups is 5. The van der Waals surface area contributed by atoms with Crippen molar-refractivity contribution in [1.29, 1.82) is 0 Å². The van der Waals surface area contributed by atoms with Gasteiger partial charge in [0.15, 0.2) is 5.76 Å². The highest BCUT2D eigenvalue weighted by atomic mass is 16.5. The summed E-state index contributed by atoms with van der Waals surface area (Å²) < 4.78 is 5.62. The molecule has 0 radical (unpaired) electrons. The molecular formula is C28H38N4O10. The number of carboxylic acids is 2. The topological polar surface area (TPSA) is 210 Å². The molecule has 0 fully saturated rings. The van der Waals surface area contributed by atoms with Gasteiger partial charge in [-0.2, -0.15) is 0 Å². The predicted molar refractivity (Wildman–Crippen MR) is 148 cm³/mol. The Morgan fingerprint density at radius 2 is 1.60 bits per heavy atom. The molecule has 14 nitrogen and oxygen atoms in total. The standard InChI is InChI=1S/C28H38N4O10/c1-3-5-6-7-20(21(4-2)32(41)17-33)26(38)29-16-30-27(39)23-13-12-22(42-23)18-8-10-19(11-9-18)28(40)31(14-24(34)35)15-25(36)37/h8-13,17,20-21,28,40-41H,3-7,14-16H2,1-2H3,(H,29,38)(H,30,39)(H,34,35)(H,36,37)/t20?,21-,28?/m1/s1. The Kier molecular flexibility index (Phi) is 13.6. The van der Waals surface area contributed by atoms with Crippen LogP contribution in [0, 0.1) is 5.92 Å². The first-order valence-electron chi connectivity index (χ1n) is 13.6. The summed E-state index contributed by atoms with van der Waals surface area (Å²) in [7, 11) is 0. The number of nitrogens with zero attached hydrogens (tertiary/aromatic N) is 2. The van der Waals surface area contributed by atoms with Crippen molar-refractivity contribution in [3.8, 4) is 11.3 Å². The van der Waals surface area contributed by atoms with E-state index in [1.165, 1.54) is 18.2 Å². The van der Waals surface area contributed by atoms with Gasteiger partial charge >= 0.3 is 11.9 Å². The molecule has 14 heteroatoms. The maximum Gasteiger partial charge on any atom is 0.317 e. The number of aliphatic hydroxyl groups excluding tert-OH is 1. The minimum absolute atomic E-state index is 0.0362. The van der Waals surface area contributed by atoms with Crippen LogP contribution in [0.1, 0.15) is 68.3 Å². The number of aliphatic carboxylic acids is 2. The van der Waals surface area contributed by atoms with Gasteiger partial charge < -0.3 is 30.4 Å². The average molecular weight is 591 g/mol. The zero-order valence-electron chi connectivity index (χ0n) is 23.6. The normalized spacial score (nSPS) is 13.2. The number of rotatable bonds is 19. The van der Waals surface area contributed by atoms with E-state index >= 15 is 0 Å². The molecular weight excluding hydrogens is 552 g/mol. The van der Waals surface area contributed by atoms with Gasteiger partial charge in [-0.25, -0.2) is 5.06 Å². The fraction of sp³-hybridized carbons (Fsp3) is 0.464. The van der Waals surface area contributed by atoms with Crippen LogP contribution in [0.3, 0.4) is 0 Å². The summed E-state index contributed by atoms with van der Waals surface area (Å²) in [6.07, 6.45) is 2.19. The molecule has 1 aromatic carbocycles. The van der Waals surface area contributed by atoms with Crippen molar-refractivity contribution in [1.82, 2.24) is 20.6 Å². The van der Waals surface area contributed by atoms with Crippen LogP contribution in [-0.2, 0) is 19.2 Å². The van der Waals surface area contributed by atoms with Crippen LogP contribution in [-0.4, -0.2) is 86.5 Å². The number of hydrogen-bond acceptors (Lipinski definition) is 9. The highest BCUT2D eigenvalue weighted by Crippen LogP contribution is 2.26. The van der Waals surface area contributed by atoms with Gasteiger partial charge in [0.05, 0.1) is 31.7 Å². The van der Waals surface area contributed by atoms with Gasteiger partial charge in [-0.05, 0) is 30.5 Å². The first-order chi connectivity index (χ1) is 20.0. The number of carboxylic acid groups (broad SMARTS) is 2. The van der Waals surface area contributed by atoms with Gasteiger partial charge in [0.25, 0.3) is 5.91 Å². The number of unbranched alkanes of at least 4 members (excludes halogenated alkanes) is 2. The zero-order chi connectivity index (χ0) is 31.2. The lowest BCUT2D eigenvalue weighted by molar-refractivity contribution is -0.168. The molecule has 0 saturated carbocycles. The van der Waals surface area contributed by atoms with Gasteiger partial charge in [0.2, 0.25) is 12.3 Å². The maximum atomic E-state index is 12.9. The summed E-state index contributed by atoms with van der Waals surface area (Å²) in [5, 5.41) is 44.1. The number of nitrogens with one attached hydrogen (secondary N) is 2. The van der Waals surface area contributed by atoms with E-state index in [-0.39, 0.29) is 24.4 Å². The van der Waals surface area contributed by atoms with E-state index < -0.39 is 55.0 Å². The third-order valence-electron chi connectivity index (χ3n) is 6.64. The van der Waals surface area contributed by atoms with Crippen LogP contribution in [0.2, 0.25) is 0 Å². The Bertz CT molecular complexity index is 1180. The average Bonchev–Trinajstić information content (AvgIpc) is 3.46. The zero-order valence-corrected chi connectivity index (χ0v) is 23.6. The van der Waals surface area contributed by atoms with E-state index in [1.807, 2.05) is 6.92 Å². The van der Waals surface area contributed by atoms with Crippen molar-refractivity contribution in [2.24, 2.45) is 5.92 Å². The molecule has 2 unspecified atom stereocenters. The number of carbonyl (C=O) groups excluding carboxylic acids is 3. The summed E-state index contributed by atoms with van der Waals surface area (Å²) >= 11 is 0. The van der Waals surface area contributed by atoms with Crippen molar-refractivity contribution in [3.05, 3.63) is 47.7 Å². The second kappa shape index (κ2) is 16.9. The quantitative estimate of drug-likeness (QED) is 0.0458. The van der Waals surface area contributed by atoms with Crippen molar-refractivity contribution in [3.63, 3.8) is 0 Å². The smallest absolute Gasteiger partial charge is 0.317 e. The van der Waals surface area contributed by atoms with Gasteiger partial charge in [-0.3, -0.25) is 34.1 Å². The summed E-state index contributed by atoms with van der Waals surface area (Å²) in [4.78, 5) is 59.5. The molecule has 0 aliphatic rings. The Morgan fingerprint density at radius 1 is 0.952 bits per heavy atom. The molecule has 0 spiro atoms. The van der Waals surface area contributed by atoms with Gasteiger partial charge in [0, 0.05) is 5.56 Å². The molecule has 3 atom stereocenters. The van der Waals surface area contributed by atoms with Crippen LogP contribution in [0.4, 0.5) is 0 Å². The molecule has 0 aliphatic heterocycles. The van der Waals surface area contributed by atoms with Crippen LogP contribution < -0.4 is 10.6 Å². The SMILES string of the molecule is CCCCCC(C(=O)NCNC(=O)c1ccc(-c2ccc(C(O)N(CC(=O)O)CC(=O)O)cc2)o1)[C@@H](CC)N(O)C=O. The fourth-order valence-electron chi connectivity index (χ4n) is 4.50. The molecule has 0 bridgehead atoms. The van der Waals surface area contributed by atoms with Crippen molar-refractivity contribution in [2.75, 3.05) is 19.8 Å². The summed E-state index contributed by atoms with van der Waals surface area (Å²) in [6, 6.07) is 8.36. The van der Waals surface area contributed by atoms with E-state index in [1.54, 1.807) is 25.1 Å². The number of furan rings is 1.